The number of carbonyl (C=O) groups is 1. The van der Waals surface area contributed by atoms with Crippen LogP contribution < -0.4 is 0 Å². The van der Waals surface area contributed by atoms with E-state index in [9.17, 15) is 4.79 Å². The average Bonchev–Trinajstić information content (AvgIpc) is 3.14. The second kappa shape index (κ2) is 7.25. The van der Waals surface area contributed by atoms with Crippen LogP contribution in [-0.2, 0) is 4.79 Å². The van der Waals surface area contributed by atoms with Gasteiger partial charge in [-0.25, -0.2) is 4.99 Å². The molecule has 1 aromatic heterocycles. The van der Waals surface area contributed by atoms with E-state index in [1.807, 2.05) is 36.4 Å². The maximum atomic E-state index is 12.0. The maximum Gasteiger partial charge on any atom is 0.244 e. The molecule has 0 saturated heterocycles. The van der Waals surface area contributed by atoms with Crippen molar-refractivity contribution in [3.8, 4) is 11.3 Å². The van der Waals surface area contributed by atoms with Gasteiger partial charge in [-0.05, 0) is 48.2 Å². The van der Waals surface area contributed by atoms with Gasteiger partial charge in [-0.2, -0.15) is 0 Å². The Bertz CT molecular complexity index is 806. The van der Waals surface area contributed by atoms with Gasteiger partial charge in [0.25, 0.3) is 0 Å². The Kier molecular flexibility index (Phi) is 5.10. The lowest BCUT2D eigenvalue weighted by Gasteiger charge is -1.96. The molecule has 6 heteroatoms. The predicted molar refractivity (Wildman–Crippen MR) is 99.8 cm³/mol. The number of nitrogens with zero attached hydrogens (tertiary/aromatic N) is 1. The molecule has 0 amide bonds. The van der Waals surface area contributed by atoms with E-state index < -0.39 is 0 Å². The van der Waals surface area contributed by atoms with Crippen LogP contribution in [-0.4, -0.2) is 15.2 Å². The molecule has 0 bridgehead atoms. The highest BCUT2D eigenvalue weighted by atomic mass is 35.5. The lowest BCUT2D eigenvalue weighted by Crippen LogP contribution is -1.87. The van der Waals surface area contributed by atoms with Crippen molar-refractivity contribution in [3.63, 3.8) is 0 Å². The molecule has 0 atom stereocenters. The van der Waals surface area contributed by atoms with Crippen LogP contribution in [0.1, 0.15) is 5.76 Å². The van der Waals surface area contributed by atoms with Crippen LogP contribution >= 0.6 is 35.1 Å². The summed E-state index contributed by atoms with van der Waals surface area (Å²) in [5, 5.41) is 0.608. The minimum Gasteiger partial charge on any atom is -0.457 e. The third-order valence-corrected chi connectivity index (χ3v) is 5.22. The first-order chi connectivity index (χ1) is 11.2. The molecule has 0 N–H and O–H groups in total. The molecule has 1 aliphatic heterocycles. The second-order valence-electron chi connectivity index (χ2n) is 4.61. The van der Waals surface area contributed by atoms with Gasteiger partial charge >= 0.3 is 0 Å². The van der Waals surface area contributed by atoms with Crippen molar-refractivity contribution in [2.24, 2.45) is 4.99 Å². The summed E-state index contributed by atoms with van der Waals surface area (Å²) in [6.45, 7) is 3.66. The highest BCUT2D eigenvalue weighted by Crippen LogP contribution is 2.32. The molecule has 3 rings (SSSR count). The largest absolute Gasteiger partial charge is 0.457 e. The zero-order valence-corrected chi connectivity index (χ0v) is 14.4. The summed E-state index contributed by atoms with van der Waals surface area (Å²) in [6.07, 6.45) is 3.45. The molecule has 0 fully saturated rings. The Morgan fingerprint density at radius 1 is 1.26 bits per heavy atom. The summed E-state index contributed by atoms with van der Waals surface area (Å²) < 4.78 is 6.50. The van der Waals surface area contributed by atoms with Crippen LogP contribution in [0.4, 0.5) is 0 Å². The first-order valence-electron chi connectivity index (χ1n) is 6.78. The van der Waals surface area contributed by atoms with E-state index in [2.05, 4.69) is 11.6 Å². The van der Waals surface area contributed by atoms with Crippen LogP contribution in [0, 0.1) is 0 Å². The van der Waals surface area contributed by atoms with Crippen molar-refractivity contribution in [1.82, 2.24) is 0 Å². The van der Waals surface area contributed by atoms with Crippen LogP contribution in [0.25, 0.3) is 17.4 Å². The predicted octanol–water partition coefficient (Wildman–Crippen LogP) is 5.49. The van der Waals surface area contributed by atoms with Crippen molar-refractivity contribution in [3.05, 3.63) is 65.5 Å². The molecule has 0 radical (unpaired) electrons. The van der Waals surface area contributed by atoms with E-state index in [1.54, 1.807) is 12.2 Å². The monoisotopic (exact) mass is 361 g/mol. The zero-order valence-electron chi connectivity index (χ0n) is 12.0. The molecule has 23 heavy (non-hydrogen) atoms. The number of benzene rings is 1. The fourth-order valence-corrected chi connectivity index (χ4v) is 3.64. The second-order valence-corrected chi connectivity index (χ2v) is 7.27. The first-order valence-corrected chi connectivity index (χ1v) is 8.96. The van der Waals surface area contributed by atoms with Crippen LogP contribution in [0.3, 0.4) is 0 Å². The van der Waals surface area contributed by atoms with Gasteiger partial charge in [-0.15, -0.1) is 6.58 Å². The fraction of sp³-hybridized carbons (Fsp3) is 0.0588. The third kappa shape index (κ3) is 3.99. The Hall–Kier alpha value is -1.69. The minimum atomic E-state index is -0.0685. The van der Waals surface area contributed by atoms with E-state index in [0.717, 1.165) is 33.2 Å². The molecule has 1 aliphatic rings. The molecular weight excluding hydrogens is 350 g/mol. The molecule has 0 spiro atoms. The smallest absolute Gasteiger partial charge is 0.244 e. The number of aliphatic imine (C=N–C) groups is 1. The van der Waals surface area contributed by atoms with Crippen molar-refractivity contribution >= 4 is 50.7 Å². The molecule has 2 aromatic rings. The van der Waals surface area contributed by atoms with Crippen molar-refractivity contribution in [2.75, 3.05) is 5.75 Å². The first kappa shape index (κ1) is 16.2. The average molecular weight is 362 g/mol. The van der Waals surface area contributed by atoms with E-state index in [-0.39, 0.29) is 5.12 Å². The van der Waals surface area contributed by atoms with E-state index in [0.29, 0.717) is 16.5 Å². The standard InChI is InChI=1S/C17H12ClNO2S2/c1-2-9-22-17-19-14(16(20)23-17)10-13-7-8-15(21-13)11-3-5-12(18)6-4-11/h2-8,10H,1,9H2/b14-10-. The van der Waals surface area contributed by atoms with Gasteiger partial charge < -0.3 is 4.42 Å². The van der Waals surface area contributed by atoms with Gasteiger partial charge in [0.2, 0.25) is 5.12 Å². The molecule has 2 heterocycles. The van der Waals surface area contributed by atoms with Crippen molar-refractivity contribution in [2.45, 2.75) is 0 Å². The summed E-state index contributed by atoms with van der Waals surface area (Å²) in [5.41, 5.74) is 1.33. The topological polar surface area (TPSA) is 42.6 Å². The number of halogens is 1. The Morgan fingerprint density at radius 2 is 2.04 bits per heavy atom. The van der Waals surface area contributed by atoms with Gasteiger partial charge in [0.15, 0.2) is 0 Å². The highest BCUT2D eigenvalue weighted by molar-refractivity contribution is 8.45. The normalized spacial score (nSPS) is 16.0. The Labute approximate surface area is 147 Å². The van der Waals surface area contributed by atoms with Crippen LogP contribution in [0.5, 0.6) is 0 Å². The third-order valence-electron chi connectivity index (χ3n) is 2.96. The lowest BCUT2D eigenvalue weighted by molar-refractivity contribution is -0.107. The fourth-order valence-electron chi connectivity index (χ4n) is 1.92. The minimum absolute atomic E-state index is 0.0685. The molecule has 116 valence electrons. The molecule has 0 unspecified atom stereocenters. The molecule has 0 saturated carbocycles. The van der Waals surface area contributed by atoms with Gasteiger partial charge in [0.1, 0.15) is 21.6 Å². The molecule has 1 aromatic carbocycles. The Morgan fingerprint density at radius 3 is 2.78 bits per heavy atom. The van der Waals surface area contributed by atoms with Gasteiger partial charge in [0, 0.05) is 22.4 Å². The van der Waals surface area contributed by atoms with Gasteiger partial charge in [0.05, 0.1) is 0 Å². The van der Waals surface area contributed by atoms with E-state index in [4.69, 9.17) is 16.0 Å². The number of furan rings is 1. The number of thioether (sulfide) groups is 2. The number of rotatable bonds is 4. The SMILES string of the molecule is C=CCSC1=N/C(=C\c2ccc(-c3ccc(Cl)cc3)o2)C(=O)S1. The van der Waals surface area contributed by atoms with Crippen molar-refractivity contribution < 1.29 is 9.21 Å². The van der Waals surface area contributed by atoms with E-state index >= 15 is 0 Å². The van der Waals surface area contributed by atoms with E-state index in [1.165, 1.54) is 11.8 Å². The number of carbonyl (C=O) groups excluding carboxylic acids is 1. The van der Waals surface area contributed by atoms with Gasteiger partial charge in [-0.1, -0.05) is 29.4 Å². The number of hydrogen-bond donors (Lipinski definition) is 0. The summed E-state index contributed by atoms with van der Waals surface area (Å²) in [5.74, 6) is 2.04. The summed E-state index contributed by atoms with van der Waals surface area (Å²) in [6, 6.07) is 11.1. The molecule has 3 nitrogen and oxygen atoms in total. The highest BCUT2D eigenvalue weighted by Gasteiger charge is 2.22. The van der Waals surface area contributed by atoms with Gasteiger partial charge in [-0.3, -0.25) is 4.79 Å². The van der Waals surface area contributed by atoms with Crippen LogP contribution in [0.2, 0.25) is 5.02 Å². The maximum absolute atomic E-state index is 12.0. The summed E-state index contributed by atoms with van der Waals surface area (Å²) in [7, 11) is 0. The Balaban J connectivity index is 1.80. The summed E-state index contributed by atoms with van der Waals surface area (Å²) in [4.78, 5) is 16.3. The van der Waals surface area contributed by atoms with Crippen LogP contribution in [0.15, 0.2) is 64.2 Å². The molecular formula is C17H12ClNO2S2. The molecule has 0 aliphatic carbocycles. The lowest BCUT2D eigenvalue weighted by atomic mass is 10.2. The summed E-state index contributed by atoms with van der Waals surface area (Å²) >= 11 is 8.52. The zero-order chi connectivity index (χ0) is 16.2. The van der Waals surface area contributed by atoms with Crippen molar-refractivity contribution in [1.29, 1.82) is 0 Å². The quantitative estimate of drug-likeness (QED) is 0.533. The number of hydrogen-bond acceptors (Lipinski definition) is 5.